The highest BCUT2D eigenvalue weighted by Gasteiger charge is 2.58. The molecule has 458 valence electrons. The zero-order valence-corrected chi connectivity index (χ0v) is 50.6. The van der Waals surface area contributed by atoms with Crippen LogP contribution in [0.5, 0.6) is 0 Å². The average Bonchev–Trinajstić information content (AvgIpc) is 1.10. The third kappa shape index (κ3) is 18.7. The molecule has 0 aliphatic carbocycles. The lowest BCUT2D eigenvalue weighted by Crippen LogP contribution is -2.68. The van der Waals surface area contributed by atoms with Crippen molar-refractivity contribution >= 4 is 32.0 Å². The maximum atomic E-state index is 13.4. The van der Waals surface area contributed by atoms with Crippen LogP contribution in [0.4, 0.5) is 0 Å². The predicted octanol–water partition coefficient (Wildman–Crippen LogP) is 8.33. The summed E-state index contributed by atoms with van der Waals surface area (Å²) in [5.74, 6) is -2.98. The molecule has 4 saturated heterocycles. The second-order valence-corrected chi connectivity index (χ2v) is 29.1. The lowest BCUT2D eigenvalue weighted by Gasteiger charge is -2.51. The third-order valence-corrected chi connectivity index (χ3v) is 15.8. The summed E-state index contributed by atoms with van der Waals surface area (Å²) in [6.45, 7) is 16.9. The molecular formula is C63H82O20Si. The first-order chi connectivity index (χ1) is 40.2. The fourth-order valence-electron chi connectivity index (χ4n) is 10.3. The molecule has 0 amide bonds. The van der Waals surface area contributed by atoms with Crippen LogP contribution in [0, 0.1) is 0 Å². The zero-order chi connectivity index (χ0) is 60.0. The molecule has 0 aromatic heterocycles. The largest absolute Gasteiger partial charge is 0.458 e. The molecule has 0 N–H and O–H groups in total. The summed E-state index contributed by atoms with van der Waals surface area (Å²) in [7, 11) is -1.74. The number of hydrogen-bond donors (Lipinski definition) is 0. The van der Waals surface area contributed by atoms with E-state index in [2.05, 4.69) is 19.6 Å². The van der Waals surface area contributed by atoms with Gasteiger partial charge in [-0.1, -0.05) is 141 Å². The smallest absolute Gasteiger partial charge is 0.332 e. The molecule has 4 aliphatic rings. The minimum Gasteiger partial charge on any atom is -0.458 e. The van der Waals surface area contributed by atoms with E-state index in [0.717, 1.165) is 16.7 Å². The number of rotatable bonds is 25. The molecule has 0 radical (unpaired) electrons. The van der Waals surface area contributed by atoms with Gasteiger partial charge in [-0.25, -0.2) is 4.79 Å². The Balaban J connectivity index is 1.17. The first-order valence-corrected chi connectivity index (χ1v) is 32.4. The third-order valence-electron chi connectivity index (χ3n) is 14.1. The van der Waals surface area contributed by atoms with Crippen LogP contribution in [0.2, 0.25) is 25.7 Å². The maximum Gasteiger partial charge on any atom is 0.332 e. The highest BCUT2D eigenvalue weighted by molar-refractivity contribution is 6.76. The Labute approximate surface area is 493 Å². The van der Waals surface area contributed by atoms with Crippen molar-refractivity contribution in [1.29, 1.82) is 0 Å². The summed E-state index contributed by atoms with van der Waals surface area (Å²) in [6, 6.07) is 39.0. The summed E-state index contributed by atoms with van der Waals surface area (Å²) < 4.78 is 104. The Kier molecular flexibility index (Phi) is 23.2. The highest BCUT2D eigenvalue weighted by Crippen LogP contribution is 2.40. The van der Waals surface area contributed by atoms with Gasteiger partial charge >= 0.3 is 23.9 Å². The molecule has 0 unspecified atom stereocenters. The van der Waals surface area contributed by atoms with Crippen molar-refractivity contribution < 1.29 is 95.0 Å². The first-order valence-electron chi connectivity index (χ1n) is 28.7. The van der Waals surface area contributed by atoms with Gasteiger partial charge in [0.25, 0.3) is 0 Å². The van der Waals surface area contributed by atoms with E-state index in [1.165, 1.54) is 20.8 Å². The Morgan fingerprint density at radius 1 is 0.524 bits per heavy atom. The Bertz CT molecular complexity index is 2680. The van der Waals surface area contributed by atoms with Gasteiger partial charge in [-0.05, 0) is 50.4 Å². The normalized spacial score (nSPS) is 29.9. The number of carbonyl (C=O) groups is 4. The fourth-order valence-corrected chi connectivity index (χ4v) is 11.0. The van der Waals surface area contributed by atoms with Crippen molar-refractivity contribution in [2.75, 3.05) is 26.4 Å². The summed E-state index contributed by atoms with van der Waals surface area (Å²) in [4.78, 5) is 53.3. The van der Waals surface area contributed by atoms with Crippen molar-refractivity contribution in [3.05, 3.63) is 144 Å². The molecule has 4 aromatic carbocycles. The molecular weight excluding hydrogens is 1100 g/mol. The predicted molar refractivity (Wildman–Crippen MR) is 304 cm³/mol. The van der Waals surface area contributed by atoms with E-state index in [4.69, 9.17) is 75.8 Å². The van der Waals surface area contributed by atoms with E-state index < -0.39 is 143 Å². The fraction of sp³-hybridized carbons (Fsp3) is 0.556. The van der Waals surface area contributed by atoms with Gasteiger partial charge in [0.05, 0.1) is 39.1 Å². The second-order valence-electron chi connectivity index (χ2n) is 23.5. The molecule has 8 rings (SSSR count). The molecule has 20 nitrogen and oxygen atoms in total. The van der Waals surface area contributed by atoms with E-state index in [9.17, 15) is 19.2 Å². The Hall–Kier alpha value is -5.50. The standard InChI is InChI=1S/C63H82O20Si/c1-39-50(69-33-43-23-15-11-16-24-43)53(70-34-44-25-17-12-18-26-44)56(71-35-45-27-19-13-20-28-45)60(75-39)74-37-48-52(55(76-40(2)64)58(78-42(4)66)61(79-48)68-31-32-84(8,9)10)82-62-57(77-41(3)65)54(72-38-49(67)83-63(5,6)7)51-47(80-62)36-73-59(81-51)46-29-21-14-22-30-46/h11-30,39,47-48,50-62H,31-38H2,1-10H3/t39-,47+,48+,50+,51-,52+,53+,54-,55-,56-,57+,58+,59-,60+,61+,62-/m0/s1. The second kappa shape index (κ2) is 30.2. The summed E-state index contributed by atoms with van der Waals surface area (Å²) in [5.41, 5.74) is 2.54. The maximum absolute atomic E-state index is 13.4. The van der Waals surface area contributed by atoms with Gasteiger partial charge in [-0.2, -0.15) is 0 Å². The monoisotopic (exact) mass is 1190 g/mol. The Morgan fingerprint density at radius 2 is 1.02 bits per heavy atom. The molecule has 4 heterocycles. The van der Waals surface area contributed by atoms with Gasteiger partial charge in [-0.15, -0.1) is 0 Å². The minimum absolute atomic E-state index is 0.0848. The van der Waals surface area contributed by atoms with Crippen molar-refractivity contribution in [1.82, 2.24) is 0 Å². The number of ether oxygens (including phenoxy) is 16. The molecule has 4 aromatic rings. The van der Waals surface area contributed by atoms with E-state index in [1.807, 2.05) is 128 Å². The average molecular weight is 1190 g/mol. The van der Waals surface area contributed by atoms with E-state index in [-0.39, 0.29) is 39.6 Å². The Morgan fingerprint density at radius 3 is 1.56 bits per heavy atom. The van der Waals surface area contributed by atoms with E-state index in [0.29, 0.717) is 11.6 Å². The molecule has 84 heavy (non-hydrogen) atoms. The summed E-state index contributed by atoms with van der Waals surface area (Å²) >= 11 is 0. The SMILES string of the molecule is CC(=O)O[C@@H]1[C@@H](OC(C)=O)[C@H](OCC[Si](C)(C)C)O[C@H](CO[C@@H]2O[C@@H](C)[C@@H](OCc3ccccc3)[C@@H](OCc3ccccc3)[C@@H]2OCc2ccccc2)[C@H]1O[C@@H]1O[C@@H]2CO[C@H](c3ccccc3)O[C@@H]2[C@H](OCC(=O)OC(C)(C)C)[C@H]1OC(C)=O. The van der Waals surface area contributed by atoms with Crippen molar-refractivity contribution in [2.24, 2.45) is 0 Å². The van der Waals surface area contributed by atoms with Gasteiger partial charge in [0.1, 0.15) is 61.0 Å². The van der Waals surface area contributed by atoms with Gasteiger partial charge in [-0.3, -0.25) is 14.4 Å². The van der Waals surface area contributed by atoms with Crippen LogP contribution in [-0.4, -0.2) is 156 Å². The number of hydrogen-bond acceptors (Lipinski definition) is 20. The molecule has 0 saturated carbocycles. The van der Waals surface area contributed by atoms with E-state index >= 15 is 0 Å². The lowest BCUT2D eigenvalue weighted by atomic mass is 9.95. The molecule has 4 aliphatic heterocycles. The van der Waals surface area contributed by atoms with Crippen LogP contribution in [0.3, 0.4) is 0 Å². The van der Waals surface area contributed by atoms with Crippen LogP contribution in [0.1, 0.15) is 77.0 Å². The van der Waals surface area contributed by atoms with Crippen LogP contribution in [-0.2, 0) is 115 Å². The van der Waals surface area contributed by atoms with Crippen molar-refractivity contribution in [3.63, 3.8) is 0 Å². The molecule has 16 atom stereocenters. The van der Waals surface area contributed by atoms with Crippen LogP contribution >= 0.6 is 0 Å². The number of fused-ring (bicyclic) bond motifs is 1. The van der Waals surface area contributed by atoms with Crippen LogP contribution < -0.4 is 0 Å². The van der Waals surface area contributed by atoms with Gasteiger partial charge in [0.2, 0.25) is 0 Å². The quantitative estimate of drug-likeness (QED) is 0.0346. The summed E-state index contributed by atoms with van der Waals surface area (Å²) in [6.07, 6.45) is -18.6. The van der Waals surface area contributed by atoms with Gasteiger partial charge in [0, 0.05) is 41.0 Å². The highest BCUT2D eigenvalue weighted by atomic mass is 28.3. The lowest BCUT2D eigenvalue weighted by molar-refractivity contribution is -0.391. The van der Waals surface area contributed by atoms with Gasteiger partial charge in [0.15, 0.2) is 43.5 Å². The molecule has 4 fully saturated rings. The minimum atomic E-state index is -1.74. The van der Waals surface area contributed by atoms with Gasteiger partial charge < -0.3 is 75.8 Å². The number of esters is 4. The number of carbonyl (C=O) groups excluding carboxylic acids is 4. The van der Waals surface area contributed by atoms with Crippen LogP contribution in [0.25, 0.3) is 0 Å². The van der Waals surface area contributed by atoms with Crippen LogP contribution in [0.15, 0.2) is 121 Å². The van der Waals surface area contributed by atoms with E-state index in [1.54, 1.807) is 20.8 Å². The molecule has 21 heteroatoms. The first kappa shape index (κ1) is 64.5. The van der Waals surface area contributed by atoms with Crippen molar-refractivity contribution in [3.8, 4) is 0 Å². The molecule has 0 bridgehead atoms. The topological polar surface area (TPSA) is 216 Å². The zero-order valence-electron chi connectivity index (χ0n) is 49.6. The number of benzene rings is 4. The molecule has 0 spiro atoms. The summed E-state index contributed by atoms with van der Waals surface area (Å²) in [5, 5.41) is 0. The van der Waals surface area contributed by atoms with Crippen molar-refractivity contribution in [2.45, 2.75) is 198 Å².